The van der Waals surface area contributed by atoms with Crippen molar-refractivity contribution in [3.05, 3.63) is 33.3 Å². The highest BCUT2D eigenvalue weighted by molar-refractivity contribution is 6.32. The number of nitrogens with one attached hydrogen (secondary N) is 2. The number of urea groups is 1. The molecule has 1 heterocycles. The van der Waals surface area contributed by atoms with Gasteiger partial charge in [-0.3, -0.25) is 24.6 Å². The van der Waals surface area contributed by atoms with E-state index in [4.69, 9.17) is 11.6 Å². The van der Waals surface area contributed by atoms with Crippen molar-refractivity contribution in [1.29, 1.82) is 0 Å². The van der Waals surface area contributed by atoms with E-state index in [-0.39, 0.29) is 27.7 Å². The van der Waals surface area contributed by atoms with E-state index in [0.717, 1.165) is 17.4 Å². The van der Waals surface area contributed by atoms with E-state index >= 15 is 0 Å². The number of carbonyl (C=O) groups excluding carboxylic acids is 3. The van der Waals surface area contributed by atoms with E-state index in [1.165, 1.54) is 12.1 Å². The normalized spacial score (nSPS) is 25.8. The van der Waals surface area contributed by atoms with Crippen LogP contribution in [0.2, 0.25) is 5.02 Å². The average Bonchev–Trinajstić information content (AvgIpc) is 2.78. The first-order valence-corrected chi connectivity index (χ1v) is 9.68. The first kappa shape index (κ1) is 21.0. The summed E-state index contributed by atoms with van der Waals surface area (Å²) in [6.07, 6.45) is 1.99. The lowest BCUT2D eigenvalue weighted by atomic mass is 9.64. The minimum atomic E-state index is -0.989. The molecule has 1 aromatic rings. The third-order valence-corrected chi connectivity index (χ3v) is 5.67. The maximum atomic E-state index is 13.1. The van der Waals surface area contributed by atoms with E-state index < -0.39 is 34.9 Å². The quantitative estimate of drug-likeness (QED) is 0.438. The molecule has 9 nitrogen and oxygen atoms in total. The number of imide groups is 1. The molecule has 0 aromatic heterocycles. The Bertz CT molecular complexity index is 903. The van der Waals surface area contributed by atoms with Gasteiger partial charge in [-0.15, -0.1) is 0 Å². The number of benzene rings is 1. The molecule has 2 N–H and O–H groups in total. The van der Waals surface area contributed by atoms with Crippen LogP contribution >= 0.6 is 11.6 Å². The number of nitrogens with zero attached hydrogens (tertiary/aromatic N) is 2. The number of carbonyl (C=O) groups is 3. The number of nitro benzene ring substituents is 1. The predicted molar refractivity (Wildman–Crippen MR) is 107 cm³/mol. The van der Waals surface area contributed by atoms with E-state index in [0.29, 0.717) is 12.8 Å². The Balaban J connectivity index is 1.73. The standard InChI is InChI=1S/C19H23ClN4O5/c1-11-7-18(2,3)10-19(8-11)16(26)23(17(27)22-19)9-15(25)21-12-4-5-13(20)14(6-12)24(28)29/h4-6,11H,7-10H2,1-3H3,(H,21,25)(H,22,27). The van der Waals surface area contributed by atoms with Crippen molar-refractivity contribution >= 4 is 40.8 Å². The number of hydrogen-bond acceptors (Lipinski definition) is 5. The summed E-state index contributed by atoms with van der Waals surface area (Å²) in [7, 11) is 0. The highest BCUT2D eigenvalue weighted by Crippen LogP contribution is 2.46. The molecule has 1 aliphatic carbocycles. The summed E-state index contributed by atoms with van der Waals surface area (Å²) < 4.78 is 0. The second-order valence-electron chi connectivity index (χ2n) is 8.73. The summed E-state index contributed by atoms with van der Waals surface area (Å²) in [5.41, 5.74) is -1.30. The van der Waals surface area contributed by atoms with Crippen molar-refractivity contribution in [2.75, 3.05) is 11.9 Å². The van der Waals surface area contributed by atoms with Gasteiger partial charge in [0.25, 0.3) is 11.6 Å². The molecule has 4 amide bonds. The van der Waals surface area contributed by atoms with E-state index in [9.17, 15) is 24.5 Å². The fourth-order valence-corrected chi connectivity index (χ4v) is 4.91. The molecule has 156 valence electrons. The molecule has 1 aromatic carbocycles. The van der Waals surface area contributed by atoms with Gasteiger partial charge in [-0.2, -0.15) is 0 Å². The smallest absolute Gasteiger partial charge is 0.324 e. The van der Waals surface area contributed by atoms with E-state index in [1.807, 2.05) is 6.92 Å². The molecule has 2 unspecified atom stereocenters. The summed E-state index contributed by atoms with van der Waals surface area (Å²) in [6.45, 7) is 5.70. The van der Waals surface area contributed by atoms with Crippen LogP contribution in [0.5, 0.6) is 0 Å². The lowest BCUT2D eigenvalue weighted by Crippen LogP contribution is -2.54. The predicted octanol–water partition coefficient (Wildman–Crippen LogP) is 3.32. The van der Waals surface area contributed by atoms with Crippen LogP contribution in [0.1, 0.15) is 40.0 Å². The lowest BCUT2D eigenvalue weighted by Gasteiger charge is -2.43. The van der Waals surface area contributed by atoms with Gasteiger partial charge in [-0.1, -0.05) is 32.4 Å². The molecule has 0 bridgehead atoms. The van der Waals surface area contributed by atoms with Crippen LogP contribution in [-0.2, 0) is 9.59 Å². The first-order chi connectivity index (χ1) is 13.4. The minimum absolute atomic E-state index is 0.0573. The zero-order valence-corrected chi connectivity index (χ0v) is 17.2. The summed E-state index contributed by atoms with van der Waals surface area (Å²) in [4.78, 5) is 49.1. The van der Waals surface area contributed by atoms with Crippen LogP contribution in [0.4, 0.5) is 16.2 Å². The molecular formula is C19H23ClN4O5. The maximum absolute atomic E-state index is 13.1. The fraction of sp³-hybridized carbons (Fsp3) is 0.526. The molecule has 1 spiro atoms. The Morgan fingerprint density at radius 2 is 2.07 bits per heavy atom. The molecule has 2 fully saturated rings. The molecule has 10 heteroatoms. The topological polar surface area (TPSA) is 122 Å². The molecule has 0 radical (unpaired) electrons. The Morgan fingerprint density at radius 3 is 2.69 bits per heavy atom. The number of anilines is 1. The van der Waals surface area contributed by atoms with E-state index in [1.54, 1.807) is 0 Å². The van der Waals surface area contributed by atoms with Gasteiger partial charge in [-0.05, 0) is 42.7 Å². The van der Waals surface area contributed by atoms with Gasteiger partial charge in [0.05, 0.1) is 4.92 Å². The maximum Gasteiger partial charge on any atom is 0.325 e. The second kappa shape index (κ2) is 7.29. The van der Waals surface area contributed by atoms with Crippen molar-refractivity contribution in [2.24, 2.45) is 11.3 Å². The molecule has 1 saturated heterocycles. The Labute approximate surface area is 172 Å². The molecule has 2 atom stereocenters. The first-order valence-electron chi connectivity index (χ1n) is 9.30. The molecular weight excluding hydrogens is 400 g/mol. The Kier molecular flexibility index (Phi) is 5.29. The lowest BCUT2D eigenvalue weighted by molar-refractivity contribution is -0.384. The summed E-state index contributed by atoms with van der Waals surface area (Å²) in [5, 5.41) is 16.2. The highest BCUT2D eigenvalue weighted by atomic mass is 35.5. The van der Waals surface area contributed by atoms with Crippen molar-refractivity contribution in [1.82, 2.24) is 10.2 Å². The Morgan fingerprint density at radius 1 is 1.38 bits per heavy atom. The minimum Gasteiger partial charge on any atom is -0.324 e. The van der Waals surface area contributed by atoms with Crippen LogP contribution in [0.15, 0.2) is 18.2 Å². The van der Waals surface area contributed by atoms with Crippen LogP contribution in [0.3, 0.4) is 0 Å². The fourth-order valence-electron chi connectivity index (χ4n) is 4.72. The van der Waals surface area contributed by atoms with Crippen LogP contribution in [-0.4, -0.2) is 39.8 Å². The van der Waals surface area contributed by atoms with Gasteiger partial charge in [0.1, 0.15) is 17.1 Å². The van der Waals surface area contributed by atoms with Crippen molar-refractivity contribution in [3.63, 3.8) is 0 Å². The Hall–Kier alpha value is -2.68. The van der Waals surface area contributed by atoms with Crippen molar-refractivity contribution in [3.8, 4) is 0 Å². The SMILES string of the molecule is CC1CC(C)(C)CC2(C1)NC(=O)N(CC(=O)Nc1ccc(Cl)c([N+](=O)[O-])c1)C2=O. The van der Waals surface area contributed by atoms with Gasteiger partial charge in [0.2, 0.25) is 5.91 Å². The molecule has 2 aliphatic rings. The number of nitro groups is 1. The summed E-state index contributed by atoms with van der Waals surface area (Å²) in [6, 6.07) is 3.23. The highest BCUT2D eigenvalue weighted by Gasteiger charge is 2.56. The van der Waals surface area contributed by atoms with Crippen LogP contribution in [0.25, 0.3) is 0 Å². The van der Waals surface area contributed by atoms with Gasteiger partial charge < -0.3 is 10.6 Å². The van der Waals surface area contributed by atoms with E-state index in [2.05, 4.69) is 24.5 Å². The average molecular weight is 423 g/mol. The van der Waals surface area contributed by atoms with Gasteiger partial charge in [0.15, 0.2) is 0 Å². The second-order valence-corrected chi connectivity index (χ2v) is 9.14. The summed E-state index contributed by atoms with van der Waals surface area (Å²) in [5.74, 6) is -0.781. The van der Waals surface area contributed by atoms with Gasteiger partial charge >= 0.3 is 6.03 Å². The molecule has 1 aliphatic heterocycles. The monoisotopic (exact) mass is 422 g/mol. The zero-order valence-electron chi connectivity index (χ0n) is 16.5. The summed E-state index contributed by atoms with van der Waals surface area (Å²) >= 11 is 5.76. The van der Waals surface area contributed by atoms with Gasteiger partial charge in [-0.25, -0.2) is 4.79 Å². The third kappa shape index (κ3) is 4.19. The third-order valence-electron chi connectivity index (χ3n) is 5.35. The molecule has 1 saturated carbocycles. The molecule has 29 heavy (non-hydrogen) atoms. The number of rotatable bonds is 4. The molecule has 3 rings (SSSR count). The van der Waals surface area contributed by atoms with Crippen LogP contribution < -0.4 is 10.6 Å². The number of amides is 4. The van der Waals surface area contributed by atoms with Crippen molar-refractivity contribution < 1.29 is 19.3 Å². The largest absolute Gasteiger partial charge is 0.325 e. The van der Waals surface area contributed by atoms with Crippen LogP contribution in [0, 0.1) is 21.4 Å². The number of halogens is 1. The zero-order chi connectivity index (χ0) is 21.6. The van der Waals surface area contributed by atoms with Gasteiger partial charge in [0, 0.05) is 11.8 Å². The van der Waals surface area contributed by atoms with Crippen molar-refractivity contribution in [2.45, 2.75) is 45.6 Å². The number of hydrogen-bond donors (Lipinski definition) is 2.